The van der Waals surface area contributed by atoms with Gasteiger partial charge in [0.1, 0.15) is 24.4 Å². The van der Waals surface area contributed by atoms with Gasteiger partial charge in [-0.25, -0.2) is 4.98 Å². The van der Waals surface area contributed by atoms with Crippen LogP contribution in [0.5, 0.6) is 5.75 Å². The first kappa shape index (κ1) is 56.0. The summed E-state index contributed by atoms with van der Waals surface area (Å²) in [4.78, 5) is 72.9. The van der Waals surface area contributed by atoms with Crippen molar-refractivity contribution in [3.63, 3.8) is 0 Å². The lowest BCUT2D eigenvalue weighted by Gasteiger charge is -2.92. The predicted octanol–water partition coefficient (Wildman–Crippen LogP) is 10.4. The minimum absolute atomic E-state index is 0.0328. The van der Waals surface area contributed by atoms with E-state index in [2.05, 4.69) is 83.2 Å². The number of aromatic nitrogens is 4. The van der Waals surface area contributed by atoms with E-state index >= 15 is 4.79 Å². The fraction of sp³-hybridized carbons (Fsp3) is 0.582. The third-order valence-electron chi connectivity index (χ3n) is 22.7. The second-order valence-corrected chi connectivity index (χ2v) is 28.9. The van der Waals surface area contributed by atoms with E-state index in [-0.39, 0.29) is 77.9 Å². The molecule has 15 rings (SSSR count). The van der Waals surface area contributed by atoms with Gasteiger partial charge in [-0.05, 0) is 191 Å². The normalized spacial score (nSPS) is 29.5. The van der Waals surface area contributed by atoms with E-state index < -0.39 is 29.6 Å². The van der Waals surface area contributed by atoms with Crippen molar-refractivity contribution in [1.82, 2.24) is 39.4 Å². The van der Waals surface area contributed by atoms with Crippen molar-refractivity contribution < 1.29 is 33.7 Å². The van der Waals surface area contributed by atoms with Crippen molar-refractivity contribution in [2.75, 3.05) is 46.0 Å². The molecule has 3 amide bonds. The molecule has 6 heterocycles. The molecule has 2 unspecified atom stereocenters. The van der Waals surface area contributed by atoms with Gasteiger partial charge in [-0.1, -0.05) is 55.3 Å². The molecule has 3 aromatic heterocycles. The van der Waals surface area contributed by atoms with Gasteiger partial charge < -0.3 is 44.3 Å². The van der Waals surface area contributed by atoms with Crippen LogP contribution in [0.3, 0.4) is 0 Å². The molecule has 9 fully saturated rings. The van der Waals surface area contributed by atoms with Crippen LogP contribution in [0.25, 0.3) is 38.2 Å². The van der Waals surface area contributed by atoms with Crippen LogP contribution < -0.4 is 20.9 Å². The lowest BCUT2D eigenvalue weighted by Crippen LogP contribution is -2.90. The fourth-order valence-corrected chi connectivity index (χ4v) is 19.6. The van der Waals surface area contributed by atoms with Gasteiger partial charge in [-0.15, -0.1) is 11.3 Å². The largest absolute Gasteiger partial charge is 0.491 e. The average molecular weight is 1240 g/mol. The lowest BCUT2D eigenvalue weighted by molar-refractivity contribution is -0.435. The number of aliphatic hydroxyl groups is 1. The molecule has 0 bridgehead atoms. The molecule has 18 heteroatoms. The fourth-order valence-electron chi connectivity index (χ4n) is 18.3. The minimum atomic E-state index is -0.922. The van der Waals surface area contributed by atoms with Crippen LogP contribution >= 0.6 is 27.3 Å². The topological polar surface area (TPSA) is 182 Å². The van der Waals surface area contributed by atoms with Gasteiger partial charge >= 0.3 is 0 Å². The number of carbonyl (C=O) groups is 3. The summed E-state index contributed by atoms with van der Waals surface area (Å²) in [7, 11) is 0. The quantitative estimate of drug-likeness (QED) is 0.0657. The molecule has 8 atom stereocenters. The molecule has 3 N–H and O–H groups in total. The Balaban J connectivity index is 0.664. The van der Waals surface area contributed by atoms with E-state index in [1.54, 1.807) is 16.2 Å². The Hall–Kier alpha value is -5.50. The molecule has 6 aromatic rings. The highest BCUT2D eigenvalue weighted by Crippen LogP contribution is 2.93. The Bertz CT molecular complexity index is 3700. The summed E-state index contributed by atoms with van der Waals surface area (Å²) in [5.41, 5.74) is 8.55. The van der Waals surface area contributed by atoms with Gasteiger partial charge in [-0.3, -0.25) is 23.6 Å². The molecular formula is C67H79BrN8O8S. The smallest absolute Gasteiger partial charge is 0.283 e. The zero-order valence-corrected chi connectivity index (χ0v) is 51.6. The number of fused-ring (bicyclic) bond motifs is 5. The number of halogens is 1. The van der Waals surface area contributed by atoms with E-state index in [0.717, 1.165) is 151 Å². The number of hydrogen-bond donors (Lipinski definition) is 3. The predicted molar refractivity (Wildman–Crippen MR) is 329 cm³/mol. The van der Waals surface area contributed by atoms with Gasteiger partial charge in [-0.2, -0.15) is 4.98 Å². The third-order valence-corrected chi connectivity index (χ3v) is 24.4. The van der Waals surface area contributed by atoms with Gasteiger partial charge in [0.15, 0.2) is 0 Å². The Morgan fingerprint density at radius 1 is 0.941 bits per heavy atom. The summed E-state index contributed by atoms with van der Waals surface area (Å²) >= 11 is 5.26. The molecule has 6 saturated carbocycles. The standard InChI is InChI=1S/C67H79BrN8O8S/c1-37(2)65(20-21-65)63(81)71-59(66-30-44-25-43-26-45(31-66)67(43,44)66)62(80)74-33-47(77)27-55(74)60(78)70-51(41-14-16-42(17-15-41)58-39(4)69-36-85-58)35-83-38(3)32-73-22-18-40(19-23-73)49-28-53-54(29-56(49)84-34-48-11-8-24-82-48)76-52-13-7-12-50(68)57(52)61(79)72-64(76)75(53)46-9-5-6-10-46/h7,12-17,28-29,36,38,40,43-48,51,55,59,77H,1,5-6,8-11,18-27,30-35H2,2-4H3,(H,70,78)(H,71,81)/t38-,43?,44?,45?,47-,48+,51+,55+,59-,66?,67?/m1/s1. The number of amides is 3. The third kappa shape index (κ3) is 8.95. The number of nitrogens with one attached hydrogen (secondary N) is 2. The first-order valence-corrected chi connectivity index (χ1v) is 33.4. The van der Waals surface area contributed by atoms with Gasteiger partial charge in [0.25, 0.3) is 5.56 Å². The Kier molecular flexibility index (Phi) is 14.1. The van der Waals surface area contributed by atoms with Crippen LogP contribution in [0.4, 0.5) is 0 Å². The summed E-state index contributed by atoms with van der Waals surface area (Å²) in [6, 6.07) is 16.7. The highest BCUT2D eigenvalue weighted by molar-refractivity contribution is 9.10. The first-order valence-electron chi connectivity index (χ1n) is 31.7. The number of imidazole rings is 1. The molecular weight excluding hydrogens is 1160 g/mol. The second kappa shape index (κ2) is 21.4. The van der Waals surface area contributed by atoms with Crippen molar-refractivity contribution >= 4 is 72.7 Å². The Morgan fingerprint density at radius 3 is 2.38 bits per heavy atom. The van der Waals surface area contributed by atoms with E-state index in [0.29, 0.717) is 42.1 Å². The molecule has 448 valence electrons. The minimum Gasteiger partial charge on any atom is -0.491 e. The van der Waals surface area contributed by atoms with Crippen molar-refractivity contribution in [2.24, 2.45) is 34.0 Å². The van der Waals surface area contributed by atoms with Gasteiger partial charge in [0, 0.05) is 48.1 Å². The number of aryl methyl sites for hydroxylation is 1. The van der Waals surface area contributed by atoms with Crippen LogP contribution in [0.1, 0.15) is 145 Å². The zero-order valence-electron chi connectivity index (χ0n) is 49.2. The molecule has 0 radical (unpaired) electrons. The highest BCUT2D eigenvalue weighted by atomic mass is 79.9. The molecule has 85 heavy (non-hydrogen) atoms. The number of aliphatic hydroxyl groups excluding tert-OH is 1. The number of hydrogen-bond acceptors (Lipinski definition) is 12. The molecule has 16 nitrogen and oxygen atoms in total. The SMILES string of the molecule is C=C(C)C1(C(=O)N[C@H](C(=O)N2C[C@H](O)C[C@H]2C(=O)N[C@@H](CO[C@H](C)CN2CCC(c3cc4c(cc3OC[C@@H]3CCCO3)n3c5cccc(Br)c5c(=O)nc3n4C3CCCC3)CC2)c2ccc(-c3scnc3C)cc2)C23CC4CC5CC(C2)C543)CC1. The van der Waals surface area contributed by atoms with Gasteiger partial charge in [0.2, 0.25) is 23.5 Å². The van der Waals surface area contributed by atoms with Crippen LogP contribution in [0, 0.1) is 40.9 Å². The van der Waals surface area contributed by atoms with E-state index in [1.165, 1.54) is 18.4 Å². The van der Waals surface area contributed by atoms with Gasteiger partial charge in [0.05, 0.1) is 74.4 Å². The van der Waals surface area contributed by atoms with E-state index in [9.17, 15) is 19.5 Å². The molecule has 1 spiro atoms. The number of β-amino-alcohol motifs (C(OH)–C–C–N with tert-alkyl or cyclic N) is 1. The van der Waals surface area contributed by atoms with Crippen LogP contribution in [0.2, 0.25) is 0 Å². The van der Waals surface area contributed by atoms with Crippen molar-refractivity contribution in [2.45, 2.75) is 165 Å². The maximum absolute atomic E-state index is 15.4. The van der Waals surface area contributed by atoms with Crippen LogP contribution in [-0.2, 0) is 23.9 Å². The number of ether oxygens (including phenoxy) is 3. The molecule has 3 aliphatic heterocycles. The summed E-state index contributed by atoms with van der Waals surface area (Å²) in [6.45, 7) is 14.1. The highest BCUT2D eigenvalue weighted by Gasteiger charge is 2.89. The maximum Gasteiger partial charge on any atom is 0.283 e. The summed E-state index contributed by atoms with van der Waals surface area (Å²) in [5, 5.41) is 18.6. The van der Waals surface area contributed by atoms with Crippen molar-refractivity contribution in [1.29, 1.82) is 0 Å². The Morgan fingerprint density at radius 2 is 1.71 bits per heavy atom. The number of likely N-dealkylation sites (tertiary alicyclic amines) is 2. The second-order valence-electron chi connectivity index (χ2n) is 27.2. The average Bonchev–Trinajstić information content (AvgIpc) is 1.13. The molecule has 9 aliphatic rings. The monoisotopic (exact) mass is 1230 g/mol. The van der Waals surface area contributed by atoms with Crippen molar-refractivity contribution in [3.8, 4) is 16.2 Å². The summed E-state index contributed by atoms with van der Waals surface area (Å²) < 4.78 is 25.0. The number of benzene rings is 3. The van der Waals surface area contributed by atoms with Crippen molar-refractivity contribution in [3.05, 3.63) is 104 Å². The van der Waals surface area contributed by atoms with E-state index in [4.69, 9.17) is 19.2 Å². The van der Waals surface area contributed by atoms with Crippen LogP contribution in [-0.4, -0.2) is 128 Å². The number of carbonyl (C=O) groups excluding carboxylic acids is 3. The number of rotatable bonds is 19. The first-order chi connectivity index (χ1) is 41.1. The molecule has 6 aliphatic carbocycles. The lowest BCUT2D eigenvalue weighted by atomic mass is 9.12. The molecule has 3 saturated heterocycles. The summed E-state index contributed by atoms with van der Waals surface area (Å²) in [6.07, 6.45) is 13.0. The number of thiazole rings is 1. The zero-order chi connectivity index (χ0) is 58.3. The van der Waals surface area contributed by atoms with E-state index in [1.807, 2.05) is 49.7 Å². The number of piperidine rings is 1. The van der Waals surface area contributed by atoms with Crippen LogP contribution in [0.15, 0.2) is 81.5 Å². The Labute approximate surface area is 508 Å². The molecule has 3 aromatic carbocycles. The maximum atomic E-state index is 15.4. The summed E-state index contributed by atoms with van der Waals surface area (Å²) in [5.74, 6) is 2.87. The number of nitrogens with zero attached hydrogens (tertiary/aromatic N) is 6.